The zero-order valence-electron chi connectivity index (χ0n) is 10.00. The Morgan fingerprint density at radius 3 is 2.79 bits per heavy atom. The van der Waals surface area contributed by atoms with Crippen molar-refractivity contribution in [3.05, 3.63) is 58.9 Å². The first kappa shape index (κ1) is 13.6. The fraction of sp³-hybridized carbons (Fsp3) is 0.0769. The largest absolute Gasteiger partial charge is 0.493 e. The van der Waals surface area contributed by atoms with Gasteiger partial charge in [0.25, 0.3) is 5.56 Å². The van der Waals surface area contributed by atoms with Crippen molar-refractivity contribution in [1.29, 1.82) is 0 Å². The van der Waals surface area contributed by atoms with E-state index in [2.05, 4.69) is 11.7 Å². The van der Waals surface area contributed by atoms with E-state index >= 15 is 0 Å². The Morgan fingerprint density at radius 1 is 1.47 bits per heavy atom. The molecule has 2 aromatic rings. The second-order valence-electron chi connectivity index (χ2n) is 3.70. The molecular formula is C13H12N2O2S2. The first-order valence-corrected chi connectivity index (χ1v) is 6.92. The Hall–Kier alpha value is -1.79. The molecular weight excluding hydrogens is 280 g/mol. The van der Waals surface area contributed by atoms with Crippen molar-refractivity contribution in [2.24, 2.45) is 0 Å². The van der Waals surface area contributed by atoms with Crippen LogP contribution in [0, 0.1) is 0 Å². The number of aromatic hydroxyl groups is 1. The SMILES string of the molecule is C=CCSC(=S)c1c(O)n(-c2ccccc2)[nH]c1=O. The van der Waals surface area contributed by atoms with Crippen molar-refractivity contribution in [3.63, 3.8) is 0 Å². The van der Waals surface area contributed by atoms with E-state index in [0.717, 1.165) is 0 Å². The molecule has 0 aliphatic carbocycles. The summed E-state index contributed by atoms with van der Waals surface area (Å²) in [5.41, 5.74) is 0.397. The monoisotopic (exact) mass is 292 g/mol. The van der Waals surface area contributed by atoms with Crippen LogP contribution < -0.4 is 5.56 Å². The highest BCUT2D eigenvalue weighted by Gasteiger charge is 2.18. The van der Waals surface area contributed by atoms with Crippen LogP contribution in [0.25, 0.3) is 5.69 Å². The van der Waals surface area contributed by atoms with Crippen LogP contribution in [-0.4, -0.2) is 24.8 Å². The zero-order chi connectivity index (χ0) is 13.8. The van der Waals surface area contributed by atoms with E-state index in [0.29, 0.717) is 15.6 Å². The van der Waals surface area contributed by atoms with Crippen molar-refractivity contribution in [3.8, 4) is 11.6 Å². The highest BCUT2D eigenvalue weighted by molar-refractivity contribution is 8.23. The van der Waals surface area contributed by atoms with E-state index in [9.17, 15) is 9.90 Å². The lowest BCUT2D eigenvalue weighted by Crippen LogP contribution is -2.10. The molecule has 0 aliphatic rings. The molecule has 0 saturated carbocycles. The standard InChI is InChI=1S/C13H12N2O2S2/c1-2-8-19-13(18)10-11(16)14-15(12(10)17)9-6-4-3-5-7-9/h2-7,17H,1,8H2,(H,14,16). The summed E-state index contributed by atoms with van der Waals surface area (Å²) >= 11 is 6.43. The maximum atomic E-state index is 11.9. The summed E-state index contributed by atoms with van der Waals surface area (Å²) in [5, 5.41) is 12.7. The number of nitrogens with one attached hydrogen (secondary N) is 1. The summed E-state index contributed by atoms with van der Waals surface area (Å²) in [7, 11) is 0. The van der Waals surface area contributed by atoms with Crippen molar-refractivity contribution >= 4 is 28.2 Å². The predicted octanol–water partition coefficient (Wildman–Crippen LogP) is 2.47. The van der Waals surface area contributed by atoms with E-state index in [1.165, 1.54) is 16.4 Å². The van der Waals surface area contributed by atoms with Crippen LogP contribution in [0.4, 0.5) is 0 Å². The molecule has 0 atom stereocenters. The fourth-order valence-corrected chi connectivity index (χ4v) is 2.56. The molecule has 1 aromatic heterocycles. The quantitative estimate of drug-likeness (QED) is 0.671. The van der Waals surface area contributed by atoms with Gasteiger partial charge in [-0.2, -0.15) is 0 Å². The molecule has 0 bridgehead atoms. The molecule has 0 unspecified atom stereocenters. The summed E-state index contributed by atoms with van der Waals surface area (Å²) in [5.74, 6) is 0.423. The van der Waals surface area contributed by atoms with Gasteiger partial charge in [0.1, 0.15) is 5.56 Å². The summed E-state index contributed by atoms with van der Waals surface area (Å²) < 4.78 is 1.67. The van der Waals surface area contributed by atoms with E-state index in [1.54, 1.807) is 18.2 Å². The molecule has 1 heterocycles. The topological polar surface area (TPSA) is 58.0 Å². The predicted molar refractivity (Wildman–Crippen MR) is 82.4 cm³/mol. The summed E-state index contributed by atoms with van der Waals surface area (Å²) in [4.78, 5) is 11.9. The average Bonchev–Trinajstić information content (AvgIpc) is 2.72. The van der Waals surface area contributed by atoms with Crippen LogP contribution in [0.15, 0.2) is 47.8 Å². The first-order chi connectivity index (χ1) is 9.15. The minimum absolute atomic E-state index is 0.130. The Bertz CT molecular complexity index is 659. The van der Waals surface area contributed by atoms with Crippen LogP contribution in [0.3, 0.4) is 0 Å². The second-order valence-corrected chi connectivity index (χ2v) is 5.39. The number of aromatic amines is 1. The normalized spacial score (nSPS) is 10.3. The number of hydrogen-bond acceptors (Lipinski definition) is 4. The molecule has 0 radical (unpaired) electrons. The molecule has 0 fully saturated rings. The van der Waals surface area contributed by atoms with E-state index < -0.39 is 5.56 Å². The van der Waals surface area contributed by atoms with Gasteiger partial charge in [0.05, 0.1) is 9.88 Å². The lowest BCUT2D eigenvalue weighted by molar-refractivity contribution is 0.433. The van der Waals surface area contributed by atoms with Gasteiger partial charge < -0.3 is 5.11 Å². The minimum atomic E-state index is -0.400. The van der Waals surface area contributed by atoms with Crippen molar-refractivity contribution in [2.45, 2.75) is 0 Å². The molecule has 6 heteroatoms. The fourth-order valence-electron chi connectivity index (χ4n) is 1.58. The minimum Gasteiger partial charge on any atom is -0.493 e. The van der Waals surface area contributed by atoms with Gasteiger partial charge in [-0.3, -0.25) is 9.89 Å². The van der Waals surface area contributed by atoms with Crippen molar-refractivity contribution < 1.29 is 5.11 Å². The highest BCUT2D eigenvalue weighted by Crippen LogP contribution is 2.22. The number of aromatic nitrogens is 2. The van der Waals surface area contributed by atoms with E-state index in [-0.39, 0.29) is 11.4 Å². The number of benzene rings is 1. The van der Waals surface area contributed by atoms with E-state index in [4.69, 9.17) is 12.2 Å². The second kappa shape index (κ2) is 5.90. The van der Waals surface area contributed by atoms with Crippen LogP contribution in [0.1, 0.15) is 5.56 Å². The number of para-hydroxylation sites is 1. The van der Waals surface area contributed by atoms with Gasteiger partial charge in [0.15, 0.2) is 0 Å². The Labute approximate surface area is 119 Å². The van der Waals surface area contributed by atoms with Crippen molar-refractivity contribution in [1.82, 2.24) is 9.78 Å². The maximum absolute atomic E-state index is 11.9. The number of thiocarbonyl (C=S) groups is 1. The molecule has 98 valence electrons. The molecule has 4 nitrogen and oxygen atoms in total. The number of hydrogen-bond donors (Lipinski definition) is 2. The Kier molecular flexibility index (Phi) is 4.24. The van der Waals surface area contributed by atoms with Crippen LogP contribution >= 0.6 is 24.0 Å². The molecule has 0 aliphatic heterocycles. The first-order valence-electron chi connectivity index (χ1n) is 5.52. The van der Waals surface area contributed by atoms with Gasteiger partial charge in [0.2, 0.25) is 5.88 Å². The van der Waals surface area contributed by atoms with Gasteiger partial charge in [-0.25, -0.2) is 4.68 Å². The number of H-pyrrole nitrogens is 1. The Balaban J connectivity index is 2.43. The molecule has 0 saturated heterocycles. The number of rotatable bonds is 4. The smallest absolute Gasteiger partial charge is 0.277 e. The maximum Gasteiger partial charge on any atom is 0.277 e. The number of thioether (sulfide) groups is 1. The Morgan fingerprint density at radius 2 is 2.16 bits per heavy atom. The molecule has 0 spiro atoms. The van der Waals surface area contributed by atoms with Gasteiger partial charge >= 0.3 is 0 Å². The van der Waals surface area contributed by atoms with Gasteiger partial charge in [0, 0.05) is 5.75 Å². The van der Waals surface area contributed by atoms with Gasteiger partial charge in [-0.1, -0.05) is 36.5 Å². The summed E-state index contributed by atoms with van der Waals surface area (Å²) in [6.45, 7) is 3.59. The lowest BCUT2D eigenvalue weighted by Gasteiger charge is -2.04. The average molecular weight is 292 g/mol. The lowest BCUT2D eigenvalue weighted by atomic mass is 10.3. The molecule has 1 aromatic carbocycles. The highest BCUT2D eigenvalue weighted by atomic mass is 32.2. The van der Waals surface area contributed by atoms with Crippen molar-refractivity contribution in [2.75, 3.05) is 5.75 Å². The van der Waals surface area contributed by atoms with Gasteiger partial charge in [-0.15, -0.1) is 18.3 Å². The molecule has 19 heavy (non-hydrogen) atoms. The summed E-state index contributed by atoms with van der Waals surface area (Å²) in [6, 6.07) is 9.04. The van der Waals surface area contributed by atoms with Crippen LogP contribution in [0.2, 0.25) is 0 Å². The zero-order valence-corrected chi connectivity index (χ0v) is 11.6. The third-order valence-electron chi connectivity index (χ3n) is 2.43. The third kappa shape index (κ3) is 2.80. The number of nitrogens with zero attached hydrogens (tertiary/aromatic N) is 1. The third-order valence-corrected chi connectivity index (χ3v) is 3.85. The summed E-state index contributed by atoms with van der Waals surface area (Å²) in [6.07, 6.45) is 1.69. The molecule has 2 N–H and O–H groups in total. The molecule has 2 rings (SSSR count). The van der Waals surface area contributed by atoms with Crippen LogP contribution in [0.5, 0.6) is 5.88 Å². The molecule has 0 amide bonds. The van der Waals surface area contributed by atoms with E-state index in [1.807, 2.05) is 18.2 Å². The van der Waals surface area contributed by atoms with Crippen LogP contribution in [-0.2, 0) is 0 Å². The van der Waals surface area contributed by atoms with Gasteiger partial charge in [-0.05, 0) is 12.1 Å².